The van der Waals surface area contributed by atoms with Gasteiger partial charge in [-0.3, -0.25) is 4.79 Å². The van der Waals surface area contributed by atoms with Gasteiger partial charge in [0, 0.05) is 22.8 Å². The summed E-state index contributed by atoms with van der Waals surface area (Å²) in [5.74, 6) is -1.01. The molecule has 20 heavy (non-hydrogen) atoms. The van der Waals surface area contributed by atoms with Crippen LogP contribution >= 0.6 is 11.6 Å². The molecule has 2 aromatic rings. The van der Waals surface area contributed by atoms with Crippen molar-refractivity contribution in [3.8, 4) is 0 Å². The Hall–Kier alpha value is -1.94. The van der Waals surface area contributed by atoms with E-state index in [9.17, 15) is 9.18 Å². The number of amides is 1. The summed E-state index contributed by atoms with van der Waals surface area (Å²) in [6.07, 6.45) is 1.98. The number of halogens is 2. The molecular formula is C15H14ClFN2O. The van der Waals surface area contributed by atoms with Gasteiger partial charge in [-0.15, -0.1) is 0 Å². The number of benzene rings is 1. The van der Waals surface area contributed by atoms with Crippen LogP contribution < -0.4 is 5.32 Å². The third-order valence-electron chi connectivity index (χ3n) is 2.95. The number of carbonyl (C=O) groups is 1. The highest BCUT2D eigenvalue weighted by molar-refractivity contribution is 6.30. The zero-order chi connectivity index (χ0) is 14.5. The van der Waals surface area contributed by atoms with Gasteiger partial charge in [0.1, 0.15) is 0 Å². The minimum atomic E-state index is -0.673. The highest BCUT2D eigenvalue weighted by Crippen LogP contribution is 2.20. The molecule has 1 amide bonds. The van der Waals surface area contributed by atoms with Crippen molar-refractivity contribution in [3.63, 3.8) is 0 Å². The molecule has 1 atom stereocenters. The first-order chi connectivity index (χ1) is 9.60. The van der Waals surface area contributed by atoms with Crippen LogP contribution in [0.25, 0.3) is 0 Å². The summed E-state index contributed by atoms with van der Waals surface area (Å²) in [4.78, 5) is 15.5. The number of rotatable bonds is 4. The first kappa shape index (κ1) is 14.5. The lowest BCUT2D eigenvalue weighted by atomic mass is 10.0. The van der Waals surface area contributed by atoms with Gasteiger partial charge >= 0.3 is 0 Å². The minimum absolute atomic E-state index is 0.169. The second-order valence-corrected chi connectivity index (χ2v) is 4.79. The van der Waals surface area contributed by atoms with Gasteiger partial charge in [0.2, 0.25) is 5.95 Å². The monoisotopic (exact) mass is 292 g/mol. The number of pyridine rings is 1. The maximum Gasteiger partial charge on any atom is 0.251 e. The molecule has 0 aliphatic carbocycles. The number of hydrogen-bond acceptors (Lipinski definition) is 2. The van der Waals surface area contributed by atoms with E-state index in [0.29, 0.717) is 11.4 Å². The van der Waals surface area contributed by atoms with Crippen molar-refractivity contribution in [2.45, 2.75) is 19.4 Å². The van der Waals surface area contributed by atoms with Crippen molar-refractivity contribution >= 4 is 17.5 Å². The predicted octanol–water partition coefficient (Wildman–Crippen LogP) is 3.76. The van der Waals surface area contributed by atoms with Crippen molar-refractivity contribution in [2.24, 2.45) is 0 Å². The van der Waals surface area contributed by atoms with Gasteiger partial charge in [-0.2, -0.15) is 4.39 Å². The number of nitrogens with zero attached hydrogens (tertiary/aromatic N) is 1. The maximum absolute atomic E-state index is 13.0. The average molecular weight is 293 g/mol. The quantitative estimate of drug-likeness (QED) is 0.872. The van der Waals surface area contributed by atoms with Crippen LogP contribution in [0.3, 0.4) is 0 Å². The van der Waals surface area contributed by atoms with Crippen LogP contribution in [0.5, 0.6) is 0 Å². The summed E-state index contributed by atoms with van der Waals surface area (Å²) in [6, 6.07) is 9.73. The molecule has 104 valence electrons. The molecule has 1 aromatic heterocycles. The highest BCUT2D eigenvalue weighted by atomic mass is 35.5. The molecule has 5 heteroatoms. The van der Waals surface area contributed by atoms with Crippen molar-refractivity contribution in [2.75, 3.05) is 0 Å². The fourth-order valence-electron chi connectivity index (χ4n) is 1.93. The SMILES string of the molecule is CCC(NC(=O)c1ccnc(F)c1)c1cccc(Cl)c1. The maximum atomic E-state index is 13.0. The van der Waals surface area contributed by atoms with Gasteiger partial charge in [-0.1, -0.05) is 30.7 Å². The van der Waals surface area contributed by atoms with E-state index in [1.54, 1.807) is 6.07 Å². The Balaban J connectivity index is 2.16. The van der Waals surface area contributed by atoms with Crippen molar-refractivity contribution in [1.82, 2.24) is 10.3 Å². The van der Waals surface area contributed by atoms with E-state index in [-0.39, 0.29) is 17.5 Å². The summed E-state index contributed by atoms with van der Waals surface area (Å²) >= 11 is 5.95. The van der Waals surface area contributed by atoms with E-state index in [1.165, 1.54) is 12.3 Å². The molecule has 0 spiro atoms. The lowest BCUT2D eigenvalue weighted by Gasteiger charge is -2.17. The third kappa shape index (κ3) is 3.54. The summed E-state index contributed by atoms with van der Waals surface area (Å²) < 4.78 is 13.0. The van der Waals surface area contributed by atoms with E-state index in [1.807, 2.05) is 25.1 Å². The molecule has 0 aliphatic heterocycles. The second kappa shape index (κ2) is 6.48. The molecule has 0 radical (unpaired) electrons. The van der Waals surface area contributed by atoms with Crippen LogP contribution in [0.15, 0.2) is 42.6 Å². The Kier molecular flexibility index (Phi) is 4.69. The number of nitrogens with one attached hydrogen (secondary N) is 1. The minimum Gasteiger partial charge on any atom is -0.345 e. The summed E-state index contributed by atoms with van der Waals surface area (Å²) in [5.41, 5.74) is 1.17. The van der Waals surface area contributed by atoms with Crippen LogP contribution in [0, 0.1) is 5.95 Å². The topological polar surface area (TPSA) is 42.0 Å². The van der Waals surface area contributed by atoms with Crippen molar-refractivity contribution in [3.05, 3.63) is 64.7 Å². The molecule has 1 aromatic carbocycles. The molecule has 1 heterocycles. The van der Waals surface area contributed by atoms with Gasteiger partial charge in [-0.25, -0.2) is 4.98 Å². The number of carbonyl (C=O) groups excluding carboxylic acids is 1. The van der Waals surface area contributed by atoms with Gasteiger partial charge in [-0.05, 0) is 30.2 Å². The van der Waals surface area contributed by atoms with Crippen LogP contribution in [0.4, 0.5) is 4.39 Å². The van der Waals surface area contributed by atoms with E-state index < -0.39 is 5.95 Å². The van der Waals surface area contributed by atoms with Crippen molar-refractivity contribution in [1.29, 1.82) is 0 Å². The Labute approximate surface area is 121 Å². The summed E-state index contributed by atoms with van der Waals surface area (Å²) in [7, 11) is 0. The second-order valence-electron chi connectivity index (χ2n) is 4.36. The van der Waals surface area contributed by atoms with Gasteiger partial charge in [0.15, 0.2) is 0 Å². The Morgan fingerprint density at radius 1 is 1.40 bits per heavy atom. The first-order valence-electron chi connectivity index (χ1n) is 6.28. The molecule has 0 saturated heterocycles. The molecule has 0 bridgehead atoms. The zero-order valence-electron chi connectivity index (χ0n) is 10.9. The van der Waals surface area contributed by atoms with E-state index in [0.717, 1.165) is 11.6 Å². The number of hydrogen-bond donors (Lipinski definition) is 1. The molecule has 0 saturated carbocycles. The standard InChI is InChI=1S/C15H14ClFN2O/c1-2-13(10-4-3-5-12(16)8-10)19-15(20)11-6-7-18-14(17)9-11/h3-9,13H,2H2,1H3,(H,19,20). The molecule has 0 fully saturated rings. The lowest BCUT2D eigenvalue weighted by Crippen LogP contribution is -2.28. The molecule has 1 N–H and O–H groups in total. The molecule has 0 aliphatic rings. The zero-order valence-corrected chi connectivity index (χ0v) is 11.7. The highest BCUT2D eigenvalue weighted by Gasteiger charge is 2.14. The first-order valence-corrected chi connectivity index (χ1v) is 6.66. The molecule has 2 rings (SSSR count). The van der Waals surface area contributed by atoms with Crippen LogP contribution in [-0.4, -0.2) is 10.9 Å². The summed E-state index contributed by atoms with van der Waals surface area (Å²) in [5, 5.41) is 3.48. The Morgan fingerprint density at radius 2 is 2.20 bits per heavy atom. The van der Waals surface area contributed by atoms with Crippen molar-refractivity contribution < 1.29 is 9.18 Å². The van der Waals surface area contributed by atoms with Gasteiger partial charge in [0.25, 0.3) is 5.91 Å². The van der Waals surface area contributed by atoms with Crippen LogP contribution in [0.1, 0.15) is 35.3 Å². The van der Waals surface area contributed by atoms with Gasteiger partial charge < -0.3 is 5.32 Å². The largest absolute Gasteiger partial charge is 0.345 e. The number of aromatic nitrogens is 1. The third-order valence-corrected chi connectivity index (χ3v) is 3.19. The fraction of sp³-hybridized carbons (Fsp3) is 0.200. The van der Waals surface area contributed by atoms with Gasteiger partial charge in [0.05, 0.1) is 6.04 Å². The van der Waals surface area contributed by atoms with Crippen LogP contribution in [-0.2, 0) is 0 Å². The van der Waals surface area contributed by atoms with E-state index >= 15 is 0 Å². The molecular weight excluding hydrogens is 279 g/mol. The lowest BCUT2D eigenvalue weighted by molar-refractivity contribution is 0.0935. The van der Waals surface area contributed by atoms with E-state index in [4.69, 9.17) is 11.6 Å². The van der Waals surface area contributed by atoms with E-state index in [2.05, 4.69) is 10.3 Å². The molecule has 3 nitrogen and oxygen atoms in total. The fourth-order valence-corrected chi connectivity index (χ4v) is 2.13. The molecule has 1 unspecified atom stereocenters. The predicted molar refractivity (Wildman–Crippen MR) is 76.1 cm³/mol. The summed E-state index contributed by atoms with van der Waals surface area (Å²) in [6.45, 7) is 1.96. The van der Waals surface area contributed by atoms with Crippen LogP contribution in [0.2, 0.25) is 5.02 Å². The normalized spacial score (nSPS) is 11.9. The smallest absolute Gasteiger partial charge is 0.251 e. The average Bonchev–Trinajstić information content (AvgIpc) is 2.44. The Bertz CT molecular complexity index is 618. The Morgan fingerprint density at radius 3 is 2.85 bits per heavy atom.